The van der Waals surface area contributed by atoms with E-state index < -0.39 is 0 Å². The first-order valence-corrected chi connectivity index (χ1v) is 9.38. The van der Waals surface area contributed by atoms with Crippen LogP contribution in [0.2, 0.25) is 0 Å². The minimum atomic E-state index is 0.317. The molecule has 0 saturated carbocycles. The summed E-state index contributed by atoms with van der Waals surface area (Å²) >= 11 is 5.95. The lowest BCUT2D eigenvalue weighted by molar-refractivity contribution is -0.00446. The van der Waals surface area contributed by atoms with Gasteiger partial charge in [-0.15, -0.1) is 0 Å². The third-order valence-corrected chi connectivity index (χ3v) is 6.69. The van der Waals surface area contributed by atoms with Crippen molar-refractivity contribution >= 4 is 17.2 Å². The minimum Gasteiger partial charge on any atom is -0.346 e. The van der Waals surface area contributed by atoms with Crippen LogP contribution in [0.1, 0.15) is 41.4 Å². The van der Waals surface area contributed by atoms with Gasteiger partial charge in [-0.05, 0) is 35.1 Å². The lowest BCUT2D eigenvalue weighted by atomic mass is 9.80. The zero-order valence-electron chi connectivity index (χ0n) is 14.0. The van der Waals surface area contributed by atoms with E-state index in [0.717, 1.165) is 30.9 Å². The van der Waals surface area contributed by atoms with Crippen molar-refractivity contribution in [2.45, 2.75) is 32.0 Å². The predicted octanol–water partition coefficient (Wildman–Crippen LogP) is 4.12. The fraction of sp³-hybridized carbons (Fsp3) is 0.381. The van der Waals surface area contributed by atoms with E-state index in [1.54, 1.807) is 0 Å². The van der Waals surface area contributed by atoms with Crippen LogP contribution in [0.3, 0.4) is 0 Å². The summed E-state index contributed by atoms with van der Waals surface area (Å²) in [7, 11) is 0. The summed E-state index contributed by atoms with van der Waals surface area (Å²) in [5.41, 5.74) is 5.95. The number of fused-ring (bicyclic) bond motifs is 7. The Balaban J connectivity index is 1.67. The molecule has 3 heteroatoms. The summed E-state index contributed by atoms with van der Waals surface area (Å²) in [6.07, 6.45) is 2.56. The lowest BCUT2D eigenvalue weighted by Gasteiger charge is -2.56. The Morgan fingerprint density at radius 3 is 2.29 bits per heavy atom. The van der Waals surface area contributed by atoms with Crippen molar-refractivity contribution in [3.63, 3.8) is 0 Å². The predicted molar refractivity (Wildman–Crippen MR) is 101 cm³/mol. The van der Waals surface area contributed by atoms with Gasteiger partial charge in [0.15, 0.2) is 0 Å². The van der Waals surface area contributed by atoms with Crippen LogP contribution in [-0.4, -0.2) is 27.9 Å². The highest BCUT2D eigenvalue weighted by molar-refractivity contribution is 7.80. The van der Waals surface area contributed by atoms with Crippen molar-refractivity contribution in [3.05, 3.63) is 70.8 Å². The van der Waals surface area contributed by atoms with Crippen LogP contribution in [0.15, 0.2) is 48.5 Å². The second-order valence-corrected chi connectivity index (χ2v) is 7.69. The van der Waals surface area contributed by atoms with Crippen molar-refractivity contribution in [2.24, 2.45) is 5.92 Å². The van der Waals surface area contributed by atoms with E-state index in [2.05, 4.69) is 65.3 Å². The molecule has 0 aliphatic carbocycles. The Bertz CT molecular complexity index is 815. The number of benzene rings is 2. The minimum absolute atomic E-state index is 0.317. The molecule has 2 aromatic carbocycles. The second-order valence-electron chi connectivity index (χ2n) is 7.27. The third kappa shape index (κ3) is 1.95. The van der Waals surface area contributed by atoms with E-state index in [4.69, 9.17) is 12.2 Å². The topological polar surface area (TPSA) is 6.48 Å². The number of rotatable bonds is 0. The summed E-state index contributed by atoms with van der Waals surface area (Å²) in [5.74, 6) is 0.392. The van der Waals surface area contributed by atoms with Gasteiger partial charge in [0.2, 0.25) is 0 Å². The average Bonchev–Trinajstić information content (AvgIpc) is 2.64. The number of thiocarbonyl (C=S) groups is 1. The highest BCUT2D eigenvalue weighted by Crippen LogP contribution is 2.48. The van der Waals surface area contributed by atoms with Gasteiger partial charge in [0.1, 0.15) is 6.17 Å². The molecule has 3 aliphatic heterocycles. The van der Waals surface area contributed by atoms with Crippen molar-refractivity contribution in [3.8, 4) is 0 Å². The molecular weight excluding hydrogens is 312 g/mol. The lowest BCUT2D eigenvalue weighted by Crippen LogP contribution is -2.58. The van der Waals surface area contributed by atoms with Crippen molar-refractivity contribution < 1.29 is 0 Å². The molecule has 0 bridgehead atoms. The van der Waals surface area contributed by atoms with E-state index in [9.17, 15) is 0 Å². The van der Waals surface area contributed by atoms with Gasteiger partial charge >= 0.3 is 0 Å². The van der Waals surface area contributed by atoms with Gasteiger partial charge in [0, 0.05) is 25.0 Å². The van der Waals surface area contributed by atoms with E-state index in [1.165, 1.54) is 22.3 Å². The summed E-state index contributed by atoms with van der Waals surface area (Å²) in [4.78, 5) is 6.35. The number of nitrogens with zero attached hydrogens (tertiary/aromatic N) is 2. The number of hydrogen-bond acceptors (Lipinski definition) is 2. The maximum absolute atomic E-state index is 5.95. The van der Waals surface area contributed by atoms with Crippen LogP contribution in [0.25, 0.3) is 0 Å². The highest BCUT2D eigenvalue weighted by Gasteiger charge is 2.47. The molecule has 3 atom stereocenters. The molecule has 1 saturated heterocycles. The SMILES string of the molecule is C[C@@H]1C(=S)N2CCc3ccccc3[C@H]2N2CCc3ccccc3[C@@H]12. The van der Waals surface area contributed by atoms with Gasteiger partial charge in [-0.1, -0.05) is 67.7 Å². The van der Waals surface area contributed by atoms with Crippen molar-refractivity contribution in [2.75, 3.05) is 13.1 Å². The van der Waals surface area contributed by atoms with Gasteiger partial charge in [-0.3, -0.25) is 4.90 Å². The molecule has 1 fully saturated rings. The Kier molecular flexibility index (Phi) is 3.29. The summed E-state index contributed by atoms with van der Waals surface area (Å²) in [5, 5.41) is 0. The fourth-order valence-corrected chi connectivity index (χ4v) is 5.30. The first-order chi connectivity index (χ1) is 11.8. The molecule has 3 aliphatic rings. The van der Waals surface area contributed by atoms with Gasteiger partial charge in [-0.2, -0.15) is 0 Å². The van der Waals surface area contributed by atoms with Gasteiger partial charge in [0.25, 0.3) is 0 Å². The van der Waals surface area contributed by atoms with E-state index >= 15 is 0 Å². The Labute approximate surface area is 149 Å². The standard InChI is InChI=1S/C21H22N2S/c1-14-19-17-8-4-2-6-15(17)10-12-22(19)20-18-9-5-3-7-16(18)11-13-23(20)21(14)24/h2-9,14,19-20H,10-13H2,1H3/t14-,19+,20-/m0/s1. The van der Waals surface area contributed by atoms with Crippen molar-refractivity contribution in [1.82, 2.24) is 9.80 Å². The van der Waals surface area contributed by atoms with Crippen molar-refractivity contribution in [1.29, 1.82) is 0 Å². The van der Waals surface area contributed by atoms with Gasteiger partial charge < -0.3 is 4.90 Å². The smallest absolute Gasteiger partial charge is 0.109 e. The molecule has 24 heavy (non-hydrogen) atoms. The zero-order chi connectivity index (χ0) is 16.3. The van der Waals surface area contributed by atoms with Crippen LogP contribution in [0.5, 0.6) is 0 Å². The van der Waals surface area contributed by atoms with Crippen LogP contribution >= 0.6 is 12.2 Å². The third-order valence-electron chi connectivity index (χ3n) is 6.08. The molecule has 0 N–H and O–H groups in total. The maximum Gasteiger partial charge on any atom is 0.109 e. The van der Waals surface area contributed by atoms with Crippen LogP contribution in [0, 0.1) is 5.92 Å². The molecular formula is C21H22N2S. The summed E-state index contributed by atoms with van der Waals surface area (Å²) in [6.45, 7) is 4.48. The molecule has 5 rings (SSSR count). The first-order valence-electron chi connectivity index (χ1n) is 8.97. The quantitative estimate of drug-likeness (QED) is 0.669. The normalized spacial score (nSPS) is 28.6. The molecule has 0 spiro atoms. The van der Waals surface area contributed by atoms with Crippen LogP contribution in [-0.2, 0) is 12.8 Å². The molecule has 3 heterocycles. The summed E-state index contributed by atoms with van der Waals surface area (Å²) in [6, 6.07) is 18.3. The Hall–Kier alpha value is -1.71. The monoisotopic (exact) mass is 334 g/mol. The molecule has 0 unspecified atom stereocenters. The maximum atomic E-state index is 5.95. The molecule has 0 radical (unpaired) electrons. The Morgan fingerprint density at radius 2 is 1.50 bits per heavy atom. The fourth-order valence-electron chi connectivity index (χ4n) is 4.98. The second kappa shape index (κ2) is 5.40. The molecule has 2 nitrogen and oxygen atoms in total. The van der Waals surface area contributed by atoms with Crippen LogP contribution < -0.4 is 0 Å². The van der Waals surface area contributed by atoms with E-state index in [0.29, 0.717) is 18.1 Å². The first kappa shape index (κ1) is 14.6. The van der Waals surface area contributed by atoms with E-state index in [1.807, 2.05) is 0 Å². The molecule has 122 valence electrons. The Morgan fingerprint density at radius 1 is 0.875 bits per heavy atom. The summed E-state index contributed by atoms with van der Waals surface area (Å²) < 4.78 is 0. The average molecular weight is 334 g/mol. The highest BCUT2D eigenvalue weighted by atomic mass is 32.1. The zero-order valence-corrected chi connectivity index (χ0v) is 14.8. The molecule has 0 aromatic heterocycles. The molecule has 0 amide bonds. The largest absolute Gasteiger partial charge is 0.346 e. The van der Waals surface area contributed by atoms with Crippen LogP contribution in [0.4, 0.5) is 0 Å². The van der Waals surface area contributed by atoms with Gasteiger partial charge in [0.05, 0.1) is 4.99 Å². The van der Waals surface area contributed by atoms with Gasteiger partial charge in [-0.25, -0.2) is 0 Å². The number of hydrogen-bond donors (Lipinski definition) is 0. The van der Waals surface area contributed by atoms with E-state index in [-0.39, 0.29) is 0 Å². The molecule has 2 aromatic rings.